The zero-order valence-corrected chi connectivity index (χ0v) is 24.9. The Balaban J connectivity index is 1.60. The van der Waals surface area contributed by atoms with Gasteiger partial charge in [-0.1, -0.05) is 38.1 Å². The zero-order valence-electron chi connectivity index (χ0n) is 24.9. The fourth-order valence-electron chi connectivity index (χ4n) is 5.03. The number of carbonyl (C=O) groups excluding carboxylic acids is 1. The molecule has 2 aromatic heterocycles. The molecule has 1 atom stereocenters. The number of hydrogen-bond donors (Lipinski definition) is 2. The number of esters is 1. The lowest BCUT2D eigenvalue weighted by molar-refractivity contribution is -0.141. The standard InChI is InChI=1S/C31H49N7O2/c1-5-16-37(17-6-2)18-7-8-19-38(21-22-40-26(3)39)25-27-9-11-28(12-10-27)29(23-30-32-13-14-33-30)35-24-31-34-15-20-36(31)4/h9-15,20,29,35H,5-8,16-19,21-25H2,1-4H3,(H,32,33). The highest BCUT2D eigenvalue weighted by molar-refractivity contribution is 5.65. The number of rotatable bonds is 20. The minimum Gasteiger partial charge on any atom is -0.465 e. The van der Waals surface area contributed by atoms with Crippen LogP contribution in [-0.4, -0.2) is 74.6 Å². The van der Waals surface area contributed by atoms with E-state index in [0.29, 0.717) is 13.2 Å². The van der Waals surface area contributed by atoms with Crippen molar-refractivity contribution in [2.75, 3.05) is 39.3 Å². The maximum atomic E-state index is 11.3. The molecule has 0 bridgehead atoms. The van der Waals surface area contributed by atoms with Gasteiger partial charge in [-0.25, -0.2) is 9.97 Å². The van der Waals surface area contributed by atoms with Crippen molar-refractivity contribution in [3.63, 3.8) is 0 Å². The SMILES string of the molecule is CCCN(CCC)CCCCN(CCOC(C)=O)Cc1ccc(C(Cc2ncc[nH]2)NCc2nccn2C)cc1. The molecule has 0 saturated heterocycles. The fourth-order valence-corrected chi connectivity index (χ4v) is 5.03. The third-order valence-corrected chi connectivity index (χ3v) is 7.16. The van der Waals surface area contributed by atoms with Crippen LogP contribution in [0.25, 0.3) is 0 Å². The molecular formula is C31H49N7O2. The van der Waals surface area contributed by atoms with Crippen molar-refractivity contribution in [1.29, 1.82) is 0 Å². The van der Waals surface area contributed by atoms with Gasteiger partial charge in [0.1, 0.15) is 18.3 Å². The van der Waals surface area contributed by atoms with E-state index in [0.717, 1.165) is 50.7 Å². The molecule has 2 heterocycles. The van der Waals surface area contributed by atoms with Crippen LogP contribution in [0.15, 0.2) is 49.1 Å². The number of nitrogens with one attached hydrogen (secondary N) is 2. The van der Waals surface area contributed by atoms with Crippen LogP contribution in [0.4, 0.5) is 0 Å². The third kappa shape index (κ3) is 11.2. The number of nitrogens with zero attached hydrogens (tertiary/aromatic N) is 5. The van der Waals surface area contributed by atoms with Gasteiger partial charge in [-0.05, 0) is 63.0 Å². The van der Waals surface area contributed by atoms with Crippen molar-refractivity contribution in [1.82, 2.24) is 34.6 Å². The largest absolute Gasteiger partial charge is 0.465 e. The first-order chi connectivity index (χ1) is 19.5. The predicted octanol–water partition coefficient (Wildman–Crippen LogP) is 4.48. The van der Waals surface area contributed by atoms with Gasteiger partial charge >= 0.3 is 5.97 Å². The topological polar surface area (TPSA) is 91.3 Å². The molecular weight excluding hydrogens is 502 g/mol. The van der Waals surface area contributed by atoms with Gasteiger partial charge in [0.25, 0.3) is 0 Å². The zero-order chi connectivity index (χ0) is 28.6. The van der Waals surface area contributed by atoms with Crippen LogP contribution in [0.2, 0.25) is 0 Å². The van der Waals surface area contributed by atoms with Crippen molar-refractivity contribution >= 4 is 5.97 Å². The van der Waals surface area contributed by atoms with E-state index in [4.69, 9.17) is 4.74 Å². The quantitative estimate of drug-likeness (QED) is 0.158. The number of unbranched alkanes of at least 4 members (excludes halogenated alkanes) is 1. The number of carbonyl (C=O) groups is 1. The van der Waals surface area contributed by atoms with E-state index in [2.05, 4.69) is 68.2 Å². The monoisotopic (exact) mass is 551 g/mol. The van der Waals surface area contributed by atoms with E-state index in [1.807, 2.05) is 30.2 Å². The van der Waals surface area contributed by atoms with E-state index in [9.17, 15) is 4.79 Å². The second-order valence-corrected chi connectivity index (χ2v) is 10.5. The number of aromatic nitrogens is 4. The molecule has 3 rings (SSSR count). The molecule has 40 heavy (non-hydrogen) atoms. The Labute approximate surface area is 240 Å². The summed E-state index contributed by atoms with van der Waals surface area (Å²) in [6.07, 6.45) is 12.9. The Hall–Kier alpha value is -3.01. The molecule has 0 amide bonds. The summed E-state index contributed by atoms with van der Waals surface area (Å²) in [7, 11) is 2.01. The minimum atomic E-state index is -0.222. The fraction of sp³-hybridized carbons (Fsp3) is 0.581. The highest BCUT2D eigenvalue weighted by Crippen LogP contribution is 2.19. The summed E-state index contributed by atoms with van der Waals surface area (Å²) < 4.78 is 7.31. The molecule has 1 unspecified atom stereocenters. The van der Waals surface area contributed by atoms with Gasteiger partial charge in [-0.2, -0.15) is 0 Å². The van der Waals surface area contributed by atoms with Crippen molar-refractivity contribution in [2.45, 2.75) is 72.0 Å². The van der Waals surface area contributed by atoms with E-state index >= 15 is 0 Å². The summed E-state index contributed by atoms with van der Waals surface area (Å²) in [4.78, 5) is 28.5. The molecule has 220 valence electrons. The highest BCUT2D eigenvalue weighted by atomic mass is 16.5. The Kier molecular flexibility index (Phi) is 13.9. The lowest BCUT2D eigenvalue weighted by atomic mass is 10.0. The van der Waals surface area contributed by atoms with E-state index in [-0.39, 0.29) is 12.0 Å². The van der Waals surface area contributed by atoms with Gasteiger partial charge < -0.3 is 24.5 Å². The average molecular weight is 552 g/mol. The van der Waals surface area contributed by atoms with Crippen molar-refractivity contribution in [3.05, 3.63) is 71.8 Å². The molecule has 0 fully saturated rings. The van der Waals surface area contributed by atoms with Gasteiger partial charge in [0.15, 0.2) is 0 Å². The smallest absolute Gasteiger partial charge is 0.302 e. The maximum absolute atomic E-state index is 11.3. The Bertz CT molecular complexity index is 1080. The minimum absolute atomic E-state index is 0.103. The molecule has 1 aromatic carbocycles. The van der Waals surface area contributed by atoms with Crippen LogP contribution in [-0.2, 0) is 36.1 Å². The molecule has 0 saturated carbocycles. The number of benzene rings is 1. The number of ether oxygens (including phenoxy) is 1. The van der Waals surface area contributed by atoms with E-state index in [1.54, 1.807) is 6.20 Å². The van der Waals surface area contributed by atoms with Gasteiger partial charge in [-0.3, -0.25) is 9.69 Å². The summed E-state index contributed by atoms with van der Waals surface area (Å²) in [5, 5.41) is 3.67. The van der Waals surface area contributed by atoms with Crippen LogP contribution in [0.3, 0.4) is 0 Å². The van der Waals surface area contributed by atoms with E-state index < -0.39 is 0 Å². The van der Waals surface area contributed by atoms with Gasteiger partial charge in [0, 0.05) is 64.3 Å². The normalized spacial score (nSPS) is 12.3. The first-order valence-electron chi connectivity index (χ1n) is 14.8. The molecule has 3 aromatic rings. The first-order valence-corrected chi connectivity index (χ1v) is 14.8. The molecule has 2 N–H and O–H groups in total. The maximum Gasteiger partial charge on any atom is 0.302 e. The molecule has 0 radical (unpaired) electrons. The first kappa shape index (κ1) is 31.5. The number of hydrogen-bond acceptors (Lipinski definition) is 7. The second kappa shape index (κ2) is 17.6. The van der Waals surface area contributed by atoms with Gasteiger partial charge in [0.2, 0.25) is 0 Å². The molecule has 9 heteroatoms. The molecule has 0 spiro atoms. The van der Waals surface area contributed by atoms with Crippen LogP contribution in [0, 0.1) is 0 Å². The Morgan fingerprint density at radius 1 is 1.00 bits per heavy atom. The van der Waals surface area contributed by atoms with Crippen LogP contribution >= 0.6 is 0 Å². The average Bonchev–Trinajstić information content (AvgIpc) is 3.60. The predicted molar refractivity (Wildman–Crippen MR) is 160 cm³/mol. The van der Waals surface area contributed by atoms with Gasteiger partial charge in [0.05, 0.1) is 6.54 Å². The van der Waals surface area contributed by atoms with Crippen LogP contribution < -0.4 is 5.32 Å². The van der Waals surface area contributed by atoms with Crippen LogP contribution in [0.1, 0.15) is 75.3 Å². The summed E-state index contributed by atoms with van der Waals surface area (Å²) in [5.74, 6) is 1.73. The van der Waals surface area contributed by atoms with Gasteiger partial charge in [-0.15, -0.1) is 0 Å². The Morgan fingerprint density at radius 3 is 2.33 bits per heavy atom. The highest BCUT2D eigenvalue weighted by Gasteiger charge is 2.15. The Morgan fingerprint density at radius 2 is 1.73 bits per heavy atom. The number of imidazole rings is 2. The van der Waals surface area contributed by atoms with Crippen LogP contribution in [0.5, 0.6) is 0 Å². The lowest BCUT2D eigenvalue weighted by Crippen LogP contribution is -2.30. The molecule has 0 aliphatic rings. The summed E-state index contributed by atoms with van der Waals surface area (Å²) in [5.41, 5.74) is 2.47. The summed E-state index contributed by atoms with van der Waals surface area (Å²) in [6.45, 7) is 13.1. The van der Waals surface area contributed by atoms with Crippen molar-refractivity contribution in [3.8, 4) is 0 Å². The van der Waals surface area contributed by atoms with Crippen molar-refractivity contribution < 1.29 is 9.53 Å². The molecule has 0 aliphatic heterocycles. The lowest BCUT2D eigenvalue weighted by Gasteiger charge is -2.24. The second-order valence-electron chi connectivity index (χ2n) is 10.5. The third-order valence-electron chi connectivity index (χ3n) is 7.16. The molecule has 0 aliphatic carbocycles. The number of H-pyrrole nitrogens is 1. The number of aromatic amines is 1. The van der Waals surface area contributed by atoms with Crippen molar-refractivity contribution in [2.24, 2.45) is 7.05 Å². The molecule has 9 nitrogen and oxygen atoms in total. The number of aryl methyl sites for hydroxylation is 1. The summed E-state index contributed by atoms with van der Waals surface area (Å²) in [6, 6.07) is 8.97. The van der Waals surface area contributed by atoms with E-state index in [1.165, 1.54) is 50.4 Å². The summed E-state index contributed by atoms with van der Waals surface area (Å²) >= 11 is 0.